The molecular formula is C28H24O2. The number of hydrogen-bond acceptors (Lipinski definition) is 2. The average Bonchev–Trinajstić information content (AvgIpc) is 2.80. The van der Waals surface area contributed by atoms with Gasteiger partial charge < -0.3 is 9.47 Å². The lowest BCUT2D eigenvalue weighted by Gasteiger charge is -2.35. The van der Waals surface area contributed by atoms with Crippen molar-refractivity contribution in [3.05, 3.63) is 113 Å². The lowest BCUT2D eigenvalue weighted by Crippen LogP contribution is -2.30. The van der Waals surface area contributed by atoms with Crippen LogP contribution in [-0.4, -0.2) is 0 Å². The lowest BCUT2D eigenvalue weighted by molar-refractivity contribution is 0.139. The van der Waals surface area contributed by atoms with Crippen molar-refractivity contribution >= 4 is 22.4 Å². The van der Waals surface area contributed by atoms with E-state index < -0.39 is 5.60 Å². The quantitative estimate of drug-likeness (QED) is 0.471. The van der Waals surface area contributed by atoms with Gasteiger partial charge in [-0.15, -0.1) is 0 Å². The maximum Gasteiger partial charge on any atom is 0.150 e. The Morgan fingerprint density at radius 2 is 1.73 bits per heavy atom. The minimum Gasteiger partial charge on any atom is -0.488 e. The zero-order valence-corrected chi connectivity index (χ0v) is 17.3. The first-order valence-corrected chi connectivity index (χ1v) is 10.3. The van der Waals surface area contributed by atoms with E-state index in [4.69, 9.17) is 9.47 Å². The third-order valence-electron chi connectivity index (χ3n) is 5.97. The fourth-order valence-corrected chi connectivity index (χ4v) is 4.49. The molecule has 0 saturated heterocycles. The third kappa shape index (κ3) is 2.72. The fraction of sp³-hybridized carbons (Fsp3) is 0.143. The molecule has 2 heteroatoms. The predicted octanol–water partition coefficient (Wildman–Crippen LogP) is 7.16. The van der Waals surface area contributed by atoms with Gasteiger partial charge in [-0.2, -0.15) is 0 Å². The van der Waals surface area contributed by atoms with Crippen molar-refractivity contribution in [1.29, 1.82) is 0 Å². The number of benzene rings is 3. The molecule has 1 atom stereocenters. The Kier molecular flexibility index (Phi) is 4.36. The van der Waals surface area contributed by atoms with Gasteiger partial charge in [0.15, 0.2) is 0 Å². The highest BCUT2D eigenvalue weighted by molar-refractivity contribution is 6.04. The molecule has 3 aromatic carbocycles. The van der Waals surface area contributed by atoms with Crippen LogP contribution in [0.4, 0.5) is 0 Å². The zero-order valence-electron chi connectivity index (χ0n) is 17.3. The van der Waals surface area contributed by atoms with Crippen molar-refractivity contribution in [3.63, 3.8) is 0 Å². The molecule has 0 aromatic heterocycles. The first kappa shape index (κ1) is 18.5. The molecular weight excluding hydrogens is 368 g/mol. The monoisotopic (exact) mass is 392 g/mol. The van der Waals surface area contributed by atoms with Crippen molar-refractivity contribution in [2.24, 2.45) is 0 Å². The number of hydrogen-bond donors (Lipinski definition) is 0. The second-order valence-electron chi connectivity index (χ2n) is 7.82. The van der Waals surface area contributed by atoms with Crippen LogP contribution in [0.2, 0.25) is 0 Å². The normalized spacial score (nSPS) is 19.9. The molecule has 2 nitrogen and oxygen atoms in total. The average molecular weight is 392 g/mol. The summed E-state index contributed by atoms with van der Waals surface area (Å²) in [5, 5.41) is 2.29. The van der Waals surface area contributed by atoms with E-state index in [1.807, 2.05) is 19.1 Å². The van der Waals surface area contributed by atoms with E-state index in [-0.39, 0.29) is 0 Å². The summed E-state index contributed by atoms with van der Waals surface area (Å²) < 4.78 is 12.8. The second kappa shape index (κ2) is 7.07. The summed E-state index contributed by atoms with van der Waals surface area (Å²) in [6.07, 6.45) is 10.3. The van der Waals surface area contributed by atoms with E-state index in [0.717, 1.165) is 39.2 Å². The zero-order chi connectivity index (χ0) is 20.7. The fourth-order valence-electron chi connectivity index (χ4n) is 4.49. The Labute approximate surface area is 177 Å². The highest BCUT2D eigenvalue weighted by Crippen LogP contribution is 2.48. The standard InChI is InChI=1S/C28H24O2/c1-4-11-23-25(5-2)29-18-24-22-16-17-28(3,19-12-7-6-8-13-19)30-27(22)21-15-10-9-14-20(21)26(23)24/h4-17H,2,18H2,1,3H3/b11-4-. The van der Waals surface area contributed by atoms with Crippen LogP contribution >= 0.6 is 0 Å². The largest absolute Gasteiger partial charge is 0.488 e. The Morgan fingerprint density at radius 1 is 1.00 bits per heavy atom. The minimum atomic E-state index is -0.519. The molecule has 2 aliphatic rings. The van der Waals surface area contributed by atoms with Gasteiger partial charge in [0, 0.05) is 27.6 Å². The van der Waals surface area contributed by atoms with Gasteiger partial charge in [-0.05, 0) is 36.9 Å². The summed E-state index contributed by atoms with van der Waals surface area (Å²) in [6, 6.07) is 18.8. The van der Waals surface area contributed by atoms with Crippen LogP contribution in [0.5, 0.6) is 5.75 Å². The molecule has 2 aliphatic heterocycles. The first-order valence-electron chi connectivity index (χ1n) is 10.3. The number of ether oxygens (including phenoxy) is 2. The van der Waals surface area contributed by atoms with Gasteiger partial charge in [-0.25, -0.2) is 0 Å². The maximum atomic E-state index is 6.74. The van der Waals surface area contributed by atoms with E-state index in [2.05, 4.69) is 80.3 Å². The third-order valence-corrected chi connectivity index (χ3v) is 5.97. The van der Waals surface area contributed by atoms with Crippen molar-refractivity contribution in [1.82, 2.24) is 0 Å². The molecule has 0 radical (unpaired) electrons. The highest BCUT2D eigenvalue weighted by Gasteiger charge is 2.34. The van der Waals surface area contributed by atoms with Gasteiger partial charge in [0.2, 0.25) is 0 Å². The van der Waals surface area contributed by atoms with Gasteiger partial charge in [-0.1, -0.05) is 79.4 Å². The molecule has 0 N–H and O–H groups in total. The van der Waals surface area contributed by atoms with Gasteiger partial charge >= 0.3 is 0 Å². The van der Waals surface area contributed by atoms with Crippen LogP contribution in [0.1, 0.15) is 36.1 Å². The summed E-state index contributed by atoms with van der Waals surface area (Å²) in [5.74, 6) is 1.74. The van der Waals surface area contributed by atoms with E-state index in [0.29, 0.717) is 6.61 Å². The van der Waals surface area contributed by atoms with Crippen LogP contribution < -0.4 is 4.74 Å². The molecule has 0 aliphatic carbocycles. The van der Waals surface area contributed by atoms with Crippen LogP contribution in [0, 0.1) is 0 Å². The molecule has 30 heavy (non-hydrogen) atoms. The van der Waals surface area contributed by atoms with E-state index in [1.54, 1.807) is 6.08 Å². The molecule has 5 rings (SSSR count). The number of allylic oxidation sites excluding steroid dienone is 4. The van der Waals surface area contributed by atoms with Crippen LogP contribution in [0.15, 0.2) is 91.2 Å². The van der Waals surface area contributed by atoms with Gasteiger partial charge in [0.1, 0.15) is 23.7 Å². The van der Waals surface area contributed by atoms with Crippen molar-refractivity contribution < 1.29 is 9.47 Å². The maximum absolute atomic E-state index is 6.74. The van der Waals surface area contributed by atoms with Gasteiger partial charge in [0.05, 0.1) is 0 Å². The van der Waals surface area contributed by atoms with E-state index in [1.165, 1.54) is 10.9 Å². The molecule has 0 saturated carbocycles. The predicted molar refractivity (Wildman–Crippen MR) is 124 cm³/mol. The molecule has 2 heterocycles. The molecule has 0 amide bonds. The van der Waals surface area contributed by atoms with Crippen LogP contribution in [0.25, 0.3) is 22.4 Å². The summed E-state index contributed by atoms with van der Waals surface area (Å²) in [4.78, 5) is 0. The minimum absolute atomic E-state index is 0.501. The van der Waals surface area contributed by atoms with Crippen molar-refractivity contribution in [2.45, 2.75) is 26.1 Å². The highest BCUT2D eigenvalue weighted by atomic mass is 16.5. The smallest absolute Gasteiger partial charge is 0.150 e. The molecule has 0 spiro atoms. The van der Waals surface area contributed by atoms with Gasteiger partial charge in [-0.3, -0.25) is 0 Å². The molecule has 148 valence electrons. The van der Waals surface area contributed by atoms with Crippen molar-refractivity contribution in [3.8, 4) is 5.75 Å². The van der Waals surface area contributed by atoms with Crippen LogP contribution in [0.3, 0.4) is 0 Å². The Balaban J connectivity index is 1.81. The summed E-state index contributed by atoms with van der Waals surface area (Å²) >= 11 is 0. The summed E-state index contributed by atoms with van der Waals surface area (Å²) in [7, 11) is 0. The SMILES string of the molecule is C=CC1=C(/C=C\C)c2c(c3c(c4ccccc24)OC(C)(c2ccccc2)C=C3)CO1. The topological polar surface area (TPSA) is 18.5 Å². The van der Waals surface area contributed by atoms with Crippen molar-refractivity contribution in [2.75, 3.05) is 0 Å². The molecule has 0 bridgehead atoms. The summed E-state index contributed by atoms with van der Waals surface area (Å²) in [5.41, 5.74) is 5.15. The van der Waals surface area contributed by atoms with E-state index >= 15 is 0 Å². The molecule has 0 fully saturated rings. The van der Waals surface area contributed by atoms with Crippen LogP contribution in [-0.2, 0) is 16.9 Å². The number of rotatable bonds is 3. The first-order chi connectivity index (χ1) is 14.7. The van der Waals surface area contributed by atoms with E-state index in [9.17, 15) is 0 Å². The molecule has 3 aromatic rings. The van der Waals surface area contributed by atoms with Gasteiger partial charge in [0.25, 0.3) is 0 Å². The molecule has 1 unspecified atom stereocenters. The summed E-state index contributed by atoms with van der Waals surface area (Å²) in [6.45, 7) is 8.60. The Bertz CT molecular complexity index is 1240. The second-order valence-corrected chi connectivity index (χ2v) is 7.82. The lowest BCUT2D eigenvalue weighted by atomic mass is 9.84. The Hall–Kier alpha value is -3.52. The Morgan fingerprint density at radius 3 is 2.47 bits per heavy atom. The number of fused-ring (bicyclic) bond motifs is 6.